The van der Waals surface area contributed by atoms with Gasteiger partial charge in [0.15, 0.2) is 15.0 Å². The van der Waals surface area contributed by atoms with Gasteiger partial charge in [-0.1, -0.05) is 18.7 Å². The Hall–Kier alpha value is -0.560. The molecule has 0 bridgehead atoms. The molecule has 0 saturated carbocycles. The summed E-state index contributed by atoms with van der Waals surface area (Å²) < 4.78 is 22.9. The quantitative estimate of drug-likeness (QED) is 0.671. The van der Waals surface area contributed by atoms with Crippen molar-refractivity contribution in [2.24, 2.45) is 4.99 Å². The Morgan fingerprint density at radius 2 is 2.25 bits per heavy atom. The highest BCUT2D eigenvalue weighted by atomic mass is 32.2. The van der Waals surface area contributed by atoms with Gasteiger partial charge >= 0.3 is 0 Å². The maximum atomic E-state index is 11.4. The maximum absolute atomic E-state index is 11.4. The van der Waals surface area contributed by atoms with Gasteiger partial charge in [-0.05, 0) is 0 Å². The third kappa shape index (κ3) is 2.10. The first kappa shape index (κ1) is 11.9. The van der Waals surface area contributed by atoms with E-state index >= 15 is 0 Å². The Kier molecular flexibility index (Phi) is 3.00. The molecule has 0 aliphatic carbocycles. The zero-order chi connectivity index (χ0) is 11.9. The third-order valence-corrected chi connectivity index (χ3v) is 6.15. The zero-order valence-corrected chi connectivity index (χ0v) is 10.8. The maximum Gasteiger partial charge on any atom is 0.247 e. The topological polar surface area (TPSA) is 66.8 Å². The minimum Gasteiger partial charge on any atom is -0.349 e. The van der Waals surface area contributed by atoms with E-state index in [4.69, 9.17) is 0 Å². The van der Waals surface area contributed by atoms with Crippen molar-refractivity contribution >= 4 is 32.7 Å². The van der Waals surface area contributed by atoms with Gasteiger partial charge in [-0.2, -0.15) is 4.99 Å². The van der Waals surface area contributed by atoms with Crippen molar-refractivity contribution in [3.05, 3.63) is 0 Å². The number of amidine groups is 1. The van der Waals surface area contributed by atoms with Crippen molar-refractivity contribution < 1.29 is 13.2 Å². The molecule has 90 valence electrons. The fourth-order valence-electron chi connectivity index (χ4n) is 1.92. The molecule has 2 saturated heterocycles. The minimum absolute atomic E-state index is 0.0154. The molecule has 2 aliphatic heterocycles. The Morgan fingerprint density at radius 1 is 1.56 bits per heavy atom. The van der Waals surface area contributed by atoms with Crippen LogP contribution in [0.25, 0.3) is 0 Å². The molecule has 2 atom stereocenters. The average Bonchev–Trinajstić information content (AvgIpc) is 2.63. The number of rotatable bonds is 1. The second-order valence-corrected chi connectivity index (χ2v) is 7.41. The zero-order valence-electron chi connectivity index (χ0n) is 9.21. The number of fused-ring (bicyclic) bond motifs is 1. The molecule has 2 aliphatic rings. The first-order valence-electron chi connectivity index (χ1n) is 5.14. The molecule has 2 heterocycles. The second kappa shape index (κ2) is 4.03. The third-order valence-electron chi connectivity index (χ3n) is 2.85. The number of thioether (sulfide) groups is 1. The summed E-state index contributed by atoms with van der Waals surface area (Å²) in [7, 11) is -1.09. The normalized spacial score (nSPS) is 34.4. The minimum atomic E-state index is -2.90. The number of nitrogens with zero attached hydrogens (tertiary/aromatic N) is 2. The van der Waals surface area contributed by atoms with Gasteiger partial charge in [0, 0.05) is 18.7 Å². The SMILES string of the molecule is CCC(=O)N=C1SC2CS(=O)(=O)CC2N1C. The summed E-state index contributed by atoms with van der Waals surface area (Å²) in [6.07, 6.45) is 0.380. The molecule has 2 unspecified atom stereocenters. The molecule has 0 aromatic carbocycles. The summed E-state index contributed by atoms with van der Waals surface area (Å²) in [4.78, 5) is 17.0. The summed E-state index contributed by atoms with van der Waals surface area (Å²) >= 11 is 1.41. The number of aliphatic imine (C=N–C) groups is 1. The van der Waals surface area contributed by atoms with Crippen molar-refractivity contribution in [2.75, 3.05) is 18.6 Å². The predicted octanol–water partition coefficient (Wildman–Crippen LogP) is 0.123. The highest BCUT2D eigenvalue weighted by Crippen LogP contribution is 2.36. The van der Waals surface area contributed by atoms with Crippen molar-refractivity contribution in [3.8, 4) is 0 Å². The molecule has 0 aromatic heterocycles. The van der Waals surface area contributed by atoms with Crippen molar-refractivity contribution in [2.45, 2.75) is 24.6 Å². The van der Waals surface area contributed by atoms with Crippen LogP contribution < -0.4 is 0 Å². The van der Waals surface area contributed by atoms with Crippen LogP contribution in [0, 0.1) is 0 Å². The van der Waals surface area contributed by atoms with Gasteiger partial charge in [-0.25, -0.2) is 8.42 Å². The van der Waals surface area contributed by atoms with E-state index < -0.39 is 9.84 Å². The molecule has 7 heteroatoms. The van der Waals surface area contributed by atoms with E-state index in [2.05, 4.69) is 4.99 Å². The van der Waals surface area contributed by atoms with E-state index in [9.17, 15) is 13.2 Å². The van der Waals surface area contributed by atoms with Crippen LogP contribution in [-0.4, -0.2) is 54.2 Å². The van der Waals surface area contributed by atoms with E-state index in [0.29, 0.717) is 11.6 Å². The Labute approximate surface area is 99.2 Å². The molecule has 5 nitrogen and oxygen atoms in total. The lowest BCUT2D eigenvalue weighted by molar-refractivity contribution is -0.117. The lowest BCUT2D eigenvalue weighted by Crippen LogP contribution is -2.34. The second-order valence-electron chi connectivity index (χ2n) is 4.05. The number of hydrogen-bond donors (Lipinski definition) is 0. The van der Waals surface area contributed by atoms with Crippen LogP contribution in [0.5, 0.6) is 0 Å². The first-order chi connectivity index (χ1) is 7.43. The van der Waals surface area contributed by atoms with E-state index in [1.165, 1.54) is 11.8 Å². The largest absolute Gasteiger partial charge is 0.349 e. The molecule has 0 spiro atoms. The monoisotopic (exact) mass is 262 g/mol. The predicted molar refractivity (Wildman–Crippen MR) is 64.3 cm³/mol. The Balaban J connectivity index is 2.17. The van der Waals surface area contributed by atoms with Gasteiger partial charge in [0.1, 0.15) is 0 Å². The van der Waals surface area contributed by atoms with Crippen LogP contribution in [0.1, 0.15) is 13.3 Å². The molecule has 2 fully saturated rings. The van der Waals surface area contributed by atoms with Crippen molar-refractivity contribution in [3.63, 3.8) is 0 Å². The molecular weight excluding hydrogens is 248 g/mol. The molecule has 0 aromatic rings. The van der Waals surface area contributed by atoms with Gasteiger partial charge in [-0.3, -0.25) is 4.79 Å². The molecule has 2 rings (SSSR count). The summed E-state index contributed by atoms with van der Waals surface area (Å²) in [5.74, 6) is 0.226. The van der Waals surface area contributed by atoms with E-state index in [0.717, 1.165) is 0 Å². The van der Waals surface area contributed by atoms with Crippen LogP contribution in [0.15, 0.2) is 4.99 Å². The van der Waals surface area contributed by atoms with Crippen LogP contribution in [-0.2, 0) is 14.6 Å². The Morgan fingerprint density at radius 3 is 2.81 bits per heavy atom. The fourth-order valence-corrected chi connectivity index (χ4v) is 5.94. The summed E-state index contributed by atoms with van der Waals surface area (Å²) in [6.45, 7) is 1.76. The standard InChI is InChI=1S/C9H14N2O3S2/c1-3-8(12)10-9-11(2)6-4-16(13,14)5-7(6)15-9/h6-7H,3-5H2,1-2H3. The molecule has 0 radical (unpaired) electrons. The average molecular weight is 262 g/mol. The number of hydrogen-bond acceptors (Lipinski definition) is 4. The van der Waals surface area contributed by atoms with Crippen LogP contribution in [0.3, 0.4) is 0 Å². The summed E-state index contributed by atoms with van der Waals surface area (Å²) in [5, 5.41) is 0.704. The number of amides is 1. The highest BCUT2D eigenvalue weighted by molar-refractivity contribution is 8.15. The lowest BCUT2D eigenvalue weighted by Gasteiger charge is -2.17. The van der Waals surface area contributed by atoms with E-state index in [1.807, 2.05) is 4.90 Å². The van der Waals surface area contributed by atoms with Crippen LogP contribution in [0.2, 0.25) is 0 Å². The van der Waals surface area contributed by atoms with Gasteiger partial charge in [0.05, 0.1) is 17.5 Å². The van der Waals surface area contributed by atoms with Crippen molar-refractivity contribution in [1.29, 1.82) is 0 Å². The summed E-state index contributed by atoms with van der Waals surface area (Å²) in [6, 6.07) is -0.0154. The van der Waals surface area contributed by atoms with Crippen molar-refractivity contribution in [1.82, 2.24) is 4.90 Å². The van der Waals surface area contributed by atoms with Gasteiger partial charge in [0.2, 0.25) is 5.91 Å². The molecule has 16 heavy (non-hydrogen) atoms. The molecule has 0 N–H and O–H groups in total. The first-order valence-corrected chi connectivity index (χ1v) is 7.84. The van der Waals surface area contributed by atoms with Gasteiger partial charge in [-0.15, -0.1) is 0 Å². The van der Waals surface area contributed by atoms with Crippen LogP contribution in [0.4, 0.5) is 0 Å². The smallest absolute Gasteiger partial charge is 0.247 e. The number of sulfone groups is 1. The molecule has 1 amide bonds. The van der Waals surface area contributed by atoms with Crippen LogP contribution >= 0.6 is 11.8 Å². The number of carbonyl (C=O) groups excluding carboxylic acids is 1. The number of carbonyl (C=O) groups is 1. The van der Waals surface area contributed by atoms with E-state index in [-0.39, 0.29) is 28.7 Å². The van der Waals surface area contributed by atoms with Gasteiger partial charge in [0.25, 0.3) is 0 Å². The fraction of sp³-hybridized carbons (Fsp3) is 0.778. The Bertz CT molecular complexity index is 444. The molecular formula is C9H14N2O3S2. The van der Waals surface area contributed by atoms with E-state index in [1.54, 1.807) is 14.0 Å². The van der Waals surface area contributed by atoms with Gasteiger partial charge < -0.3 is 4.90 Å². The lowest BCUT2D eigenvalue weighted by atomic mass is 10.2. The summed E-state index contributed by atoms with van der Waals surface area (Å²) in [5.41, 5.74) is 0. The highest BCUT2D eigenvalue weighted by Gasteiger charge is 2.47.